The standard InChI is InChI=1S/C18H15F3N2OS/c1-11(9-12-5-4-8-25-12)23-17(24)14-10-22-15-7-3-2-6-13(15)16(14)18(19,20)21/h2-8,10-11H,9H2,1H3,(H,23,24). The molecular formula is C18H15F3N2OS. The number of hydrogen-bond donors (Lipinski definition) is 1. The van der Waals surface area contributed by atoms with Gasteiger partial charge in [-0.1, -0.05) is 24.3 Å². The van der Waals surface area contributed by atoms with Crippen LogP contribution in [0.25, 0.3) is 10.9 Å². The van der Waals surface area contributed by atoms with E-state index in [1.165, 1.54) is 29.5 Å². The molecule has 0 saturated carbocycles. The number of nitrogens with zero attached hydrogens (tertiary/aromatic N) is 1. The van der Waals surface area contributed by atoms with Crippen molar-refractivity contribution >= 4 is 28.1 Å². The van der Waals surface area contributed by atoms with Gasteiger partial charge in [-0.15, -0.1) is 11.3 Å². The Bertz CT molecular complexity index is 891. The molecular weight excluding hydrogens is 349 g/mol. The molecule has 3 nitrogen and oxygen atoms in total. The van der Waals surface area contributed by atoms with Gasteiger partial charge in [-0.25, -0.2) is 0 Å². The van der Waals surface area contributed by atoms with E-state index in [4.69, 9.17) is 0 Å². The van der Waals surface area contributed by atoms with Crippen molar-refractivity contribution in [3.05, 3.63) is 64.0 Å². The van der Waals surface area contributed by atoms with E-state index in [2.05, 4.69) is 10.3 Å². The van der Waals surface area contributed by atoms with E-state index in [0.29, 0.717) is 6.42 Å². The summed E-state index contributed by atoms with van der Waals surface area (Å²) in [6.45, 7) is 1.76. The molecule has 3 rings (SSSR count). The molecule has 7 heteroatoms. The van der Waals surface area contributed by atoms with Gasteiger partial charge in [0.2, 0.25) is 0 Å². The number of rotatable bonds is 4. The number of hydrogen-bond acceptors (Lipinski definition) is 3. The molecule has 0 aliphatic rings. The van der Waals surface area contributed by atoms with Gasteiger partial charge in [0.25, 0.3) is 5.91 Å². The second kappa shape index (κ2) is 6.84. The molecule has 130 valence electrons. The van der Waals surface area contributed by atoms with Crippen molar-refractivity contribution in [3.8, 4) is 0 Å². The molecule has 2 aromatic heterocycles. The fourth-order valence-electron chi connectivity index (χ4n) is 2.70. The van der Waals surface area contributed by atoms with Crippen LogP contribution in [0.4, 0.5) is 13.2 Å². The van der Waals surface area contributed by atoms with E-state index < -0.39 is 23.2 Å². The molecule has 1 amide bonds. The van der Waals surface area contributed by atoms with E-state index in [0.717, 1.165) is 11.1 Å². The Labute approximate surface area is 146 Å². The Hall–Kier alpha value is -2.41. The highest BCUT2D eigenvalue weighted by Crippen LogP contribution is 2.36. The summed E-state index contributed by atoms with van der Waals surface area (Å²) in [4.78, 5) is 17.5. The van der Waals surface area contributed by atoms with Crippen molar-refractivity contribution in [1.29, 1.82) is 0 Å². The fourth-order valence-corrected chi connectivity index (χ4v) is 3.54. The van der Waals surface area contributed by atoms with Crippen LogP contribution in [0.1, 0.15) is 27.7 Å². The lowest BCUT2D eigenvalue weighted by molar-refractivity contribution is -0.136. The summed E-state index contributed by atoms with van der Waals surface area (Å²) < 4.78 is 40.7. The quantitative estimate of drug-likeness (QED) is 0.731. The van der Waals surface area contributed by atoms with Gasteiger partial charge in [-0.05, 0) is 24.4 Å². The molecule has 1 N–H and O–H groups in total. The van der Waals surface area contributed by atoms with Gasteiger partial charge in [-0.2, -0.15) is 13.2 Å². The van der Waals surface area contributed by atoms with Crippen LogP contribution in [0.15, 0.2) is 48.0 Å². The summed E-state index contributed by atoms with van der Waals surface area (Å²) in [6, 6.07) is 9.45. The first-order chi connectivity index (χ1) is 11.9. The van der Waals surface area contributed by atoms with Crippen molar-refractivity contribution in [2.24, 2.45) is 0 Å². The monoisotopic (exact) mass is 364 g/mol. The van der Waals surface area contributed by atoms with E-state index >= 15 is 0 Å². The van der Waals surface area contributed by atoms with Gasteiger partial charge in [-0.3, -0.25) is 9.78 Å². The summed E-state index contributed by atoms with van der Waals surface area (Å²) in [6.07, 6.45) is -3.09. The molecule has 0 spiro atoms. The minimum absolute atomic E-state index is 0.0754. The summed E-state index contributed by atoms with van der Waals surface area (Å²) in [5, 5.41) is 4.48. The molecule has 0 saturated heterocycles. The lowest BCUT2D eigenvalue weighted by atomic mass is 10.0. The molecule has 0 radical (unpaired) electrons. The zero-order chi connectivity index (χ0) is 18.0. The number of pyridine rings is 1. The molecule has 1 unspecified atom stereocenters. The highest BCUT2D eigenvalue weighted by atomic mass is 32.1. The SMILES string of the molecule is CC(Cc1cccs1)NC(=O)c1cnc2ccccc2c1C(F)(F)F. The number of fused-ring (bicyclic) bond motifs is 1. The largest absolute Gasteiger partial charge is 0.417 e. The van der Waals surface area contributed by atoms with E-state index in [1.54, 1.807) is 13.0 Å². The maximum atomic E-state index is 13.6. The Balaban J connectivity index is 1.93. The molecule has 1 atom stereocenters. The maximum absolute atomic E-state index is 13.6. The van der Waals surface area contributed by atoms with Gasteiger partial charge in [0.15, 0.2) is 0 Å². The number of halogens is 3. The molecule has 0 fully saturated rings. The number of thiophene rings is 1. The third-order valence-corrected chi connectivity index (χ3v) is 4.67. The smallest absolute Gasteiger partial charge is 0.349 e. The van der Waals surface area contributed by atoms with Crippen molar-refractivity contribution in [3.63, 3.8) is 0 Å². The van der Waals surface area contributed by atoms with Crippen molar-refractivity contribution < 1.29 is 18.0 Å². The lowest BCUT2D eigenvalue weighted by Gasteiger charge is -2.17. The van der Waals surface area contributed by atoms with Gasteiger partial charge in [0.05, 0.1) is 16.6 Å². The van der Waals surface area contributed by atoms with E-state index in [-0.39, 0.29) is 16.9 Å². The molecule has 0 aliphatic heterocycles. The lowest BCUT2D eigenvalue weighted by Crippen LogP contribution is -2.35. The van der Waals surface area contributed by atoms with Crippen molar-refractivity contribution in [1.82, 2.24) is 10.3 Å². The third kappa shape index (κ3) is 3.82. The van der Waals surface area contributed by atoms with Crippen molar-refractivity contribution in [2.45, 2.75) is 25.6 Å². The van der Waals surface area contributed by atoms with E-state index in [1.807, 2.05) is 17.5 Å². The minimum atomic E-state index is -4.65. The van der Waals surface area contributed by atoms with Crippen LogP contribution < -0.4 is 5.32 Å². The second-order valence-corrected chi connectivity index (χ2v) is 6.75. The number of para-hydroxylation sites is 1. The van der Waals surface area contributed by atoms with Crippen LogP contribution >= 0.6 is 11.3 Å². The number of carbonyl (C=O) groups excluding carboxylic acids is 1. The minimum Gasteiger partial charge on any atom is -0.349 e. The predicted octanol–water partition coefficient (Wildman–Crippen LogP) is 4.68. The second-order valence-electron chi connectivity index (χ2n) is 5.72. The van der Waals surface area contributed by atoms with Gasteiger partial charge < -0.3 is 5.32 Å². The Morgan fingerprint density at radius 1 is 1.24 bits per heavy atom. The fraction of sp³-hybridized carbons (Fsp3) is 0.222. The zero-order valence-electron chi connectivity index (χ0n) is 13.3. The molecule has 3 aromatic rings. The van der Waals surface area contributed by atoms with Crippen molar-refractivity contribution in [2.75, 3.05) is 0 Å². The molecule has 0 aliphatic carbocycles. The first-order valence-corrected chi connectivity index (χ1v) is 8.52. The average Bonchev–Trinajstić information content (AvgIpc) is 3.05. The third-order valence-electron chi connectivity index (χ3n) is 3.77. The van der Waals surface area contributed by atoms with Gasteiger partial charge in [0.1, 0.15) is 0 Å². The van der Waals surface area contributed by atoms with E-state index in [9.17, 15) is 18.0 Å². The molecule has 0 bridgehead atoms. The van der Waals surface area contributed by atoms with Crippen LogP contribution in [0.2, 0.25) is 0 Å². The summed E-state index contributed by atoms with van der Waals surface area (Å²) >= 11 is 1.54. The average molecular weight is 364 g/mol. The van der Waals surface area contributed by atoms with Crippen LogP contribution in [0, 0.1) is 0 Å². The molecule has 25 heavy (non-hydrogen) atoms. The number of nitrogens with one attached hydrogen (secondary N) is 1. The Morgan fingerprint density at radius 3 is 2.68 bits per heavy atom. The van der Waals surface area contributed by atoms with Crippen LogP contribution in [-0.2, 0) is 12.6 Å². The van der Waals surface area contributed by atoms with Gasteiger partial charge >= 0.3 is 6.18 Å². The Morgan fingerprint density at radius 2 is 2.00 bits per heavy atom. The van der Waals surface area contributed by atoms with Gasteiger partial charge in [0, 0.05) is 28.9 Å². The maximum Gasteiger partial charge on any atom is 0.417 e. The summed E-state index contributed by atoms with van der Waals surface area (Å²) in [5.74, 6) is -0.769. The predicted molar refractivity (Wildman–Crippen MR) is 91.7 cm³/mol. The summed E-state index contributed by atoms with van der Waals surface area (Å²) in [7, 11) is 0. The van der Waals surface area contributed by atoms with Crippen LogP contribution in [-0.4, -0.2) is 16.9 Å². The topological polar surface area (TPSA) is 42.0 Å². The highest BCUT2D eigenvalue weighted by Gasteiger charge is 2.37. The van der Waals surface area contributed by atoms with Crippen LogP contribution in [0.3, 0.4) is 0 Å². The normalized spacial score (nSPS) is 13.0. The number of amides is 1. The first-order valence-electron chi connectivity index (χ1n) is 7.64. The summed E-state index contributed by atoms with van der Waals surface area (Å²) in [5.41, 5.74) is -1.19. The van der Waals surface area contributed by atoms with Crippen LogP contribution in [0.5, 0.6) is 0 Å². The number of aromatic nitrogens is 1. The molecule has 1 aromatic carbocycles. The number of alkyl halides is 3. The zero-order valence-corrected chi connectivity index (χ0v) is 14.1. The Kier molecular flexibility index (Phi) is 4.76. The highest BCUT2D eigenvalue weighted by molar-refractivity contribution is 7.09. The first kappa shape index (κ1) is 17.4. The molecule has 2 heterocycles. The number of carbonyl (C=O) groups is 1. The number of benzene rings is 1.